The molecule has 0 aliphatic heterocycles. The summed E-state index contributed by atoms with van der Waals surface area (Å²) < 4.78 is -0.992. The molecule has 0 amide bonds. The predicted molar refractivity (Wildman–Crippen MR) is 90.3 cm³/mol. The largest absolute Gasteiger partial charge is 0.480 e. The molecule has 0 unspecified atom stereocenters. The molecular weight excluding hydrogens is 310 g/mol. The topological polar surface area (TPSA) is 76.0 Å². The number of aromatic nitrogens is 3. The molecule has 0 fully saturated rings. The molecule has 0 bridgehead atoms. The van der Waals surface area contributed by atoms with Crippen LogP contribution in [-0.2, 0) is 4.79 Å². The molecule has 1 N–H and O–H groups in total. The Kier molecular flexibility index (Phi) is 4.00. The molecule has 2 heterocycles. The third-order valence-electron chi connectivity index (χ3n) is 3.43. The molecule has 0 radical (unpaired) electrons. The van der Waals surface area contributed by atoms with Crippen LogP contribution in [0.15, 0.2) is 53.9 Å². The normalized spacial score (nSPS) is 11.6. The molecule has 3 aromatic rings. The lowest BCUT2D eigenvalue weighted by Gasteiger charge is -2.19. The Bertz CT molecular complexity index is 875. The number of carboxylic acids is 1. The van der Waals surface area contributed by atoms with E-state index in [1.54, 1.807) is 32.4 Å². The lowest BCUT2D eigenvalue weighted by Crippen LogP contribution is -2.27. The van der Waals surface area contributed by atoms with Crippen LogP contribution in [0.5, 0.6) is 0 Å². The summed E-state index contributed by atoms with van der Waals surface area (Å²) in [6.07, 6.45) is 4.93. The second-order valence-corrected chi connectivity index (χ2v) is 7.11. The Labute approximate surface area is 137 Å². The lowest BCUT2D eigenvalue weighted by atomic mass is 10.1. The van der Waals surface area contributed by atoms with Gasteiger partial charge in [0.2, 0.25) is 0 Å². The fraction of sp³-hybridized carbons (Fsp3) is 0.176. The van der Waals surface area contributed by atoms with Crippen molar-refractivity contribution in [1.82, 2.24) is 15.0 Å². The number of nitrogens with zero attached hydrogens (tertiary/aromatic N) is 3. The van der Waals surface area contributed by atoms with E-state index in [-0.39, 0.29) is 0 Å². The maximum absolute atomic E-state index is 11.4. The number of hydrogen-bond donors (Lipinski definition) is 1. The average Bonchev–Trinajstić information content (AvgIpc) is 2.54. The van der Waals surface area contributed by atoms with E-state index in [0.29, 0.717) is 10.7 Å². The molecule has 1 aromatic carbocycles. The smallest absolute Gasteiger partial charge is 0.319 e. The SMILES string of the molecule is CC(C)(Sc1nccnc1-c1cccc2ncccc12)C(=O)O. The van der Waals surface area contributed by atoms with Gasteiger partial charge in [-0.25, -0.2) is 4.98 Å². The first kappa shape index (κ1) is 15.4. The molecule has 0 aliphatic rings. The molecule has 5 nitrogen and oxygen atoms in total. The van der Waals surface area contributed by atoms with Gasteiger partial charge in [0, 0.05) is 29.5 Å². The molecule has 2 aromatic heterocycles. The lowest BCUT2D eigenvalue weighted by molar-refractivity contribution is -0.138. The van der Waals surface area contributed by atoms with E-state index in [2.05, 4.69) is 15.0 Å². The van der Waals surface area contributed by atoms with Crippen molar-refractivity contribution < 1.29 is 9.90 Å². The van der Waals surface area contributed by atoms with Gasteiger partial charge in [-0.3, -0.25) is 14.8 Å². The molecule has 6 heteroatoms. The second-order valence-electron chi connectivity index (χ2n) is 5.50. The Morgan fingerprint density at radius 3 is 2.61 bits per heavy atom. The maximum atomic E-state index is 11.4. The first-order chi connectivity index (χ1) is 11.0. The predicted octanol–water partition coefficient (Wildman–Crippen LogP) is 3.65. The van der Waals surface area contributed by atoms with Gasteiger partial charge in [0.05, 0.1) is 5.52 Å². The minimum atomic E-state index is -0.992. The van der Waals surface area contributed by atoms with E-state index >= 15 is 0 Å². The first-order valence-corrected chi connectivity index (χ1v) is 7.88. The molecule has 116 valence electrons. The Morgan fingerprint density at radius 2 is 1.83 bits per heavy atom. The number of thioether (sulfide) groups is 1. The van der Waals surface area contributed by atoms with Crippen molar-refractivity contribution in [3.05, 3.63) is 48.9 Å². The van der Waals surface area contributed by atoms with Gasteiger partial charge in [-0.1, -0.05) is 30.0 Å². The number of aliphatic carboxylic acids is 1. The highest BCUT2D eigenvalue weighted by molar-refractivity contribution is 8.01. The van der Waals surface area contributed by atoms with Crippen molar-refractivity contribution in [2.75, 3.05) is 0 Å². The highest BCUT2D eigenvalue weighted by atomic mass is 32.2. The van der Waals surface area contributed by atoms with Crippen molar-refractivity contribution in [2.45, 2.75) is 23.6 Å². The molecule has 0 atom stereocenters. The number of carboxylic acid groups (broad SMARTS) is 1. The number of carbonyl (C=O) groups is 1. The second kappa shape index (κ2) is 5.96. The van der Waals surface area contributed by atoms with Crippen molar-refractivity contribution in [2.24, 2.45) is 0 Å². The van der Waals surface area contributed by atoms with Gasteiger partial charge in [0.1, 0.15) is 15.5 Å². The molecule has 0 saturated carbocycles. The quantitative estimate of drug-likeness (QED) is 0.738. The minimum Gasteiger partial charge on any atom is -0.480 e. The minimum absolute atomic E-state index is 0.594. The zero-order valence-electron chi connectivity index (χ0n) is 12.7. The Balaban J connectivity index is 2.15. The van der Waals surface area contributed by atoms with Crippen LogP contribution in [0, 0.1) is 0 Å². The van der Waals surface area contributed by atoms with Gasteiger partial charge in [0.25, 0.3) is 0 Å². The number of benzene rings is 1. The van der Waals surface area contributed by atoms with Gasteiger partial charge >= 0.3 is 5.97 Å². The number of hydrogen-bond acceptors (Lipinski definition) is 5. The van der Waals surface area contributed by atoms with Gasteiger partial charge in [-0.05, 0) is 26.0 Å². The van der Waals surface area contributed by atoms with Gasteiger partial charge in [0.15, 0.2) is 0 Å². The first-order valence-electron chi connectivity index (χ1n) is 7.06. The van der Waals surface area contributed by atoms with Crippen LogP contribution in [0.2, 0.25) is 0 Å². The molecule has 0 spiro atoms. The molecule has 23 heavy (non-hydrogen) atoms. The monoisotopic (exact) mass is 325 g/mol. The standard InChI is InChI=1S/C17H15N3O2S/c1-17(2,16(21)22)23-15-14(19-9-10-20-15)12-5-3-7-13-11(12)6-4-8-18-13/h3-10H,1-2H3,(H,21,22). The molecular formula is C17H15N3O2S. The van der Waals surface area contributed by atoms with Crippen molar-refractivity contribution in [1.29, 1.82) is 0 Å². The third kappa shape index (κ3) is 3.03. The molecule has 0 saturated heterocycles. The Hall–Kier alpha value is -2.47. The molecule has 0 aliphatic carbocycles. The summed E-state index contributed by atoms with van der Waals surface area (Å²) in [6, 6.07) is 9.64. The van der Waals surface area contributed by atoms with Crippen LogP contribution in [0.25, 0.3) is 22.2 Å². The summed E-state index contributed by atoms with van der Waals surface area (Å²) in [7, 11) is 0. The summed E-state index contributed by atoms with van der Waals surface area (Å²) in [4.78, 5) is 24.5. The van der Waals surface area contributed by atoms with Crippen molar-refractivity contribution in [3.63, 3.8) is 0 Å². The van der Waals surface area contributed by atoms with Crippen LogP contribution in [0.1, 0.15) is 13.8 Å². The van der Waals surface area contributed by atoms with Crippen LogP contribution in [0.4, 0.5) is 0 Å². The van der Waals surface area contributed by atoms with Crippen LogP contribution in [0.3, 0.4) is 0 Å². The summed E-state index contributed by atoms with van der Waals surface area (Å²) in [5.41, 5.74) is 2.43. The van der Waals surface area contributed by atoms with E-state index < -0.39 is 10.7 Å². The molecule has 3 rings (SSSR count). The number of fused-ring (bicyclic) bond motifs is 1. The van der Waals surface area contributed by atoms with Gasteiger partial charge < -0.3 is 5.11 Å². The zero-order chi connectivity index (χ0) is 16.4. The van der Waals surface area contributed by atoms with E-state index in [1.165, 1.54) is 11.8 Å². The van der Waals surface area contributed by atoms with Gasteiger partial charge in [-0.15, -0.1) is 0 Å². The van der Waals surface area contributed by atoms with Crippen molar-refractivity contribution >= 4 is 28.6 Å². The fourth-order valence-corrected chi connectivity index (χ4v) is 3.12. The van der Waals surface area contributed by atoms with Crippen LogP contribution in [-0.4, -0.2) is 30.8 Å². The van der Waals surface area contributed by atoms with E-state index in [4.69, 9.17) is 0 Å². The van der Waals surface area contributed by atoms with Gasteiger partial charge in [-0.2, -0.15) is 0 Å². The van der Waals surface area contributed by atoms with E-state index in [0.717, 1.165) is 16.5 Å². The van der Waals surface area contributed by atoms with Crippen LogP contribution < -0.4 is 0 Å². The average molecular weight is 325 g/mol. The summed E-state index contributed by atoms with van der Waals surface area (Å²) in [6.45, 7) is 3.31. The number of pyridine rings is 1. The highest BCUT2D eigenvalue weighted by Crippen LogP contribution is 2.38. The van der Waals surface area contributed by atoms with Crippen molar-refractivity contribution in [3.8, 4) is 11.3 Å². The number of rotatable bonds is 4. The van der Waals surface area contributed by atoms with E-state index in [9.17, 15) is 9.90 Å². The van der Waals surface area contributed by atoms with E-state index in [1.807, 2.05) is 30.3 Å². The zero-order valence-corrected chi connectivity index (χ0v) is 13.5. The summed E-state index contributed by atoms with van der Waals surface area (Å²) in [5, 5.41) is 10.9. The summed E-state index contributed by atoms with van der Waals surface area (Å²) in [5.74, 6) is -0.890. The third-order valence-corrected chi connectivity index (χ3v) is 4.61. The summed E-state index contributed by atoms with van der Waals surface area (Å²) >= 11 is 1.19. The Morgan fingerprint density at radius 1 is 1.04 bits per heavy atom. The highest BCUT2D eigenvalue weighted by Gasteiger charge is 2.30. The fourth-order valence-electron chi connectivity index (χ4n) is 2.18. The van der Waals surface area contributed by atoms with Crippen LogP contribution >= 0.6 is 11.8 Å². The maximum Gasteiger partial charge on any atom is 0.319 e.